The number of methoxy groups -OCH3 is 1. The van der Waals surface area contributed by atoms with E-state index in [4.69, 9.17) is 9.84 Å². The van der Waals surface area contributed by atoms with Gasteiger partial charge in [0.2, 0.25) is 10.0 Å². The summed E-state index contributed by atoms with van der Waals surface area (Å²) in [5.41, 5.74) is 0. The summed E-state index contributed by atoms with van der Waals surface area (Å²) >= 11 is 0. The Kier molecular flexibility index (Phi) is 5.12. The third-order valence-electron chi connectivity index (χ3n) is 3.24. The van der Waals surface area contributed by atoms with Crippen LogP contribution in [0, 0.1) is 17.8 Å². The van der Waals surface area contributed by atoms with Crippen LogP contribution in [0.25, 0.3) is 0 Å². The summed E-state index contributed by atoms with van der Waals surface area (Å²) in [6.07, 6.45) is 0. The van der Waals surface area contributed by atoms with E-state index in [9.17, 15) is 13.2 Å². The van der Waals surface area contributed by atoms with Gasteiger partial charge in [0.1, 0.15) is 0 Å². The van der Waals surface area contributed by atoms with Gasteiger partial charge in [0.25, 0.3) is 0 Å². The van der Waals surface area contributed by atoms with Crippen molar-refractivity contribution in [2.45, 2.75) is 13.8 Å². The average molecular weight is 279 g/mol. The minimum atomic E-state index is -3.39. The molecule has 1 N–H and O–H groups in total. The normalized spacial score (nSPS) is 27.3. The molecule has 1 rings (SSSR count). The zero-order valence-electron chi connectivity index (χ0n) is 11.0. The van der Waals surface area contributed by atoms with Gasteiger partial charge >= 0.3 is 5.97 Å². The fraction of sp³-hybridized carbons (Fsp3) is 0.909. The number of sulfonamides is 1. The van der Waals surface area contributed by atoms with Crippen molar-refractivity contribution >= 4 is 16.0 Å². The summed E-state index contributed by atoms with van der Waals surface area (Å²) in [7, 11) is -1.86. The van der Waals surface area contributed by atoms with Crippen molar-refractivity contribution in [2.75, 3.05) is 32.6 Å². The maximum absolute atomic E-state index is 12.1. The van der Waals surface area contributed by atoms with Crippen LogP contribution >= 0.6 is 0 Å². The number of rotatable bonds is 6. The number of hydrogen-bond acceptors (Lipinski definition) is 4. The first-order valence-electron chi connectivity index (χ1n) is 5.97. The molecule has 1 aliphatic rings. The molecule has 106 valence electrons. The highest BCUT2D eigenvalue weighted by molar-refractivity contribution is 7.89. The smallest absolute Gasteiger partial charge is 0.308 e. The molecule has 0 spiro atoms. The highest BCUT2D eigenvalue weighted by atomic mass is 32.2. The molecule has 0 bridgehead atoms. The van der Waals surface area contributed by atoms with E-state index in [-0.39, 0.29) is 24.1 Å². The van der Waals surface area contributed by atoms with Gasteiger partial charge in [-0.05, 0) is 11.8 Å². The lowest BCUT2D eigenvalue weighted by Gasteiger charge is -2.18. The van der Waals surface area contributed by atoms with E-state index in [0.717, 1.165) is 0 Å². The zero-order chi connectivity index (χ0) is 13.9. The maximum Gasteiger partial charge on any atom is 0.308 e. The number of aliphatic carboxylic acids is 1. The number of carboxylic acids is 1. The Morgan fingerprint density at radius 2 is 2.11 bits per heavy atom. The Morgan fingerprint density at radius 3 is 2.56 bits per heavy atom. The van der Waals surface area contributed by atoms with Crippen molar-refractivity contribution in [1.29, 1.82) is 0 Å². The minimum absolute atomic E-state index is 0.000100. The van der Waals surface area contributed by atoms with E-state index >= 15 is 0 Å². The number of carbonyl (C=O) groups is 1. The Balaban J connectivity index is 2.68. The largest absolute Gasteiger partial charge is 0.481 e. The van der Waals surface area contributed by atoms with Crippen LogP contribution in [-0.2, 0) is 19.6 Å². The summed E-state index contributed by atoms with van der Waals surface area (Å²) in [5.74, 6) is -1.77. The van der Waals surface area contributed by atoms with Crippen LogP contribution in [0.1, 0.15) is 13.8 Å². The first kappa shape index (κ1) is 15.4. The second kappa shape index (κ2) is 5.99. The lowest BCUT2D eigenvalue weighted by Crippen LogP contribution is -2.34. The Labute approximate surface area is 108 Å². The third-order valence-corrected chi connectivity index (χ3v) is 5.31. The zero-order valence-corrected chi connectivity index (χ0v) is 11.8. The van der Waals surface area contributed by atoms with E-state index in [1.54, 1.807) is 13.8 Å². The quantitative estimate of drug-likeness (QED) is 0.753. The van der Waals surface area contributed by atoms with Crippen LogP contribution in [0.4, 0.5) is 0 Å². The van der Waals surface area contributed by atoms with Gasteiger partial charge in [0.15, 0.2) is 0 Å². The van der Waals surface area contributed by atoms with E-state index in [0.29, 0.717) is 13.2 Å². The molecule has 0 aromatic rings. The lowest BCUT2D eigenvalue weighted by molar-refractivity contribution is -0.142. The first-order valence-corrected chi connectivity index (χ1v) is 7.58. The van der Waals surface area contributed by atoms with Gasteiger partial charge in [-0.25, -0.2) is 12.7 Å². The fourth-order valence-electron chi connectivity index (χ4n) is 2.27. The Hall–Kier alpha value is -0.660. The summed E-state index contributed by atoms with van der Waals surface area (Å²) in [4.78, 5) is 11.0. The Morgan fingerprint density at radius 1 is 1.50 bits per heavy atom. The maximum atomic E-state index is 12.1. The number of ether oxygens (including phenoxy) is 1. The molecule has 0 radical (unpaired) electrons. The molecule has 0 saturated carbocycles. The number of carboxylic acid groups (broad SMARTS) is 1. The molecule has 6 nitrogen and oxygen atoms in total. The van der Waals surface area contributed by atoms with Crippen LogP contribution in [0.3, 0.4) is 0 Å². The van der Waals surface area contributed by atoms with Gasteiger partial charge in [-0.1, -0.05) is 13.8 Å². The predicted octanol–water partition coefficient (Wildman–Crippen LogP) is 0.251. The van der Waals surface area contributed by atoms with Gasteiger partial charge in [0, 0.05) is 26.8 Å². The number of hydrogen-bond donors (Lipinski definition) is 1. The van der Waals surface area contributed by atoms with Gasteiger partial charge in [-0.2, -0.15) is 0 Å². The van der Waals surface area contributed by atoms with Gasteiger partial charge in [-0.3, -0.25) is 4.79 Å². The summed E-state index contributed by atoms with van der Waals surface area (Å²) in [6.45, 7) is 4.32. The molecule has 1 unspecified atom stereocenters. The second-order valence-electron chi connectivity index (χ2n) is 5.08. The molecule has 0 aromatic heterocycles. The first-order chi connectivity index (χ1) is 8.27. The molecule has 0 amide bonds. The predicted molar refractivity (Wildman–Crippen MR) is 66.7 cm³/mol. The molecule has 1 heterocycles. The monoisotopic (exact) mass is 279 g/mol. The Bertz CT molecular complexity index is 394. The molecule has 7 heteroatoms. The van der Waals surface area contributed by atoms with Crippen molar-refractivity contribution in [3.05, 3.63) is 0 Å². The third kappa shape index (κ3) is 3.66. The van der Waals surface area contributed by atoms with Gasteiger partial charge < -0.3 is 9.84 Å². The lowest BCUT2D eigenvalue weighted by atomic mass is 9.99. The molecule has 1 aliphatic heterocycles. The average Bonchev–Trinajstić information content (AvgIpc) is 2.60. The fourth-order valence-corrected chi connectivity index (χ4v) is 4.14. The standard InChI is InChI=1S/C11H21NO5S/c1-8(6-17-3)7-18(15,16)12-4-9(2)10(5-12)11(13)14/h8-10H,4-7H2,1-3H3,(H,13,14)/t8?,9-,10-/m1/s1. The van der Waals surface area contributed by atoms with Crippen LogP contribution in [0.5, 0.6) is 0 Å². The molecule has 0 aliphatic carbocycles. The summed E-state index contributed by atoms with van der Waals surface area (Å²) < 4.78 is 30.4. The molecular formula is C11H21NO5S. The van der Waals surface area contributed by atoms with Crippen molar-refractivity contribution in [3.8, 4) is 0 Å². The van der Waals surface area contributed by atoms with Crippen molar-refractivity contribution < 1.29 is 23.1 Å². The van der Waals surface area contributed by atoms with Crippen LogP contribution in [-0.4, -0.2) is 56.4 Å². The highest BCUT2D eigenvalue weighted by Gasteiger charge is 2.40. The van der Waals surface area contributed by atoms with Crippen molar-refractivity contribution in [2.24, 2.45) is 17.8 Å². The van der Waals surface area contributed by atoms with E-state index in [1.165, 1.54) is 11.4 Å². The van der Waals surface area contributed by atoms with E-state index in [2.05, 4.69) is 0 Å². The van der Waals surface area contributed by atoms with Crippen molar-refractivity contribution in [3.63, 3.8) is 0 Å². The minimum Gasteiger partial charge on any atom is -0.481 e. The molecule has 18 heavy (non-hydrogen) atoms. The van der Waals surface area contributed by atoms with E-state index < -0.39 is 21.9 Å². The molecule has 3 atom stereocenters. The number of nitrogens with zero attached hydrogens (tertiary/aromatic N) is 1. The second-order valence-corrected chi connectivity index (χ2v) is 7.09. The highest BCUT2D eigenvalue weighted by Crippen LogP contribution is 2.26. The molecule has 1 fully saturated rings. The van der Waals surface area contributed by atoms with Gasteiger partial charge in [-0.15, -0.1) is 0 Å². The van der Waals surface area contributed by atoms with Crippen LogP contribution in [0.15, 0.2) is 0 Å². The molecule has 1 saturated heterocycles. The van der Waals surface area contributed by atoms with Crippen LogP contribution < -0.4 is 0 Å². The van der Waals surface area contributed by atoms with Crippen LogP contribution in [0.2, 0.25) is 0 Å². The van der Waals surface area contributed by atoms with Crippen molar-refractivity contribution in [1.82, 2.24) is 4.31 Å². The topological polar surface area (TPSA) is 83.9 Å². The molecule has 0 aromatic carbocycles. The SMILES string of the molecule is COCC(C)CS(=O)(=O)N1C[C@@H](C)[C@H](C(=O)O)C1. The van der Waals surface area contributed by atoms with E-state index in [1.807, 2.05) is 0 Å². The summed E-state index contributed by atoms with van der Waals surface area (Å²) in [5, 5.41) is 8.99. The van der Waals surface area contributed by atoms with Gasteiger partial charge in [0.05, 0.1) is 11.7 Å². The molecular weight excluding hydrogens is 258 g/mol. The summed E-state index contributed by atoms with van der Waals surface area (Å²) in [6, 6.07) is 0.